The van der Waals surface area contributed by atoms with Gasteiger partial charge in [0.1, 0.15) is 0 Å². The summed E-state index contributed by atoms with van der Waals surface area (Å²) in [6.45, 7) is 6.16. The van der Waals surface area contributed by atoms with E-state index in [1.165, 1.54) is 10.6 Å². The van der Waals surface area contributed by atoms with Crippen LogP contribution in [0.15, 0.2) is 18.2 Å². The molecule has 1 amide bonds. The highest BCUT2D eigenvalue weighted by Crippen LogP contribution is 2.34. The summed E-state index contributed by atoms with van der Waals surface area (Å²) in [5.74, 6) is -1.10. The third-order valence-electron chi connectivity index (χ3n) is 4.33. The quantitative estimate of drug-likeness (QED) is 0.902. The molecular formula is C17H21F3N4O. The van der Waals surface area contributed by atoms with Crippen LogP contribution in [-0.2, 0) is 6.18 Å². The number of amides is 1. The molecule has 0 saturated carbocycles. The van der Waals surface area contributed by atoms with Crippen molar-refractivity contribution in [3.05, 3.63) is 29.6 Å². The number of halogens is 3. The minimum atomic E-state index is -4.54. The van der Waals surface area contributed by atoms with Gasteiger partial charge in [-0.3, -0.25) is 4.79 Å². The molecule has 1 aliphatic rings. The smallest absolute Gasteiger partial charge is 0.337 e. The van der Waals surface area contributed by atoms with Crippen LogP contribution in [0.25, 0.3) is 11.0 Å². The number of fused-ring (bicyclic) bond motifs is 1. The summed E-state index contributed by atoms with van der Waals surface area (Å²) >= 11 is 0. The van der Waals surface area contributed by atoms with Gasteiger partial charge in [0.2, 0.25) is 5.82 Å². The second kappa shape index (κ2) is 6.67. The standard InChI is InChI=1S/C17H21F3N4O/c1-11(2)24-14-5-4-12(10-13(14)22-16(24)17(18,19)20)15(25)23-8-3-6-21-7-9-23/h4-5,10-11,21H,3,6-9H2,1-2H3. The minimum Gasteiger partial charge on any atom is -0.337 e. The fourth-order valence-electron chi connectivity index (χ4n) is 3.19. The Kier molecular flexibility index (Phi) is 4.73. The summed E-state index contributed by atoms with van der Waals surface area (Å²) in [4.78, 5) is 18.2. The largest absolute Gasteiger partial charge is 0.449 e. The maximum Gasteiger partial charge on any atom is 0.449 e. The Morgan fingerprint density at radius 1 is 1.24 bits per heavy atom. The minimum absolute atomic E-state index is 0.168. The van der Waals surface area contributed by atoms with Crippen LogP contribution < -0.4 is 5.32 Å². The molecule has 136 valence electrons. The van der Waals surface area contributed by atoms with Gasteiger partial charge in [0.25, 0.3) is 5.91 Å². The molecule has 1 aliphatic heterocycles. The average molecular weight is 354 g/mol. The van der Waals surface area contributed by atoms with Crippen molar-refractivity contribution in [1.29, 1.82) is 0 Å². The molecule has 1 aromatic carbocycles. The van der Waals surface area contributed by atoms with Gasteiger partial charge in [-0.2, -0.15) is 13.2 Å². The van der Waals surface area contributed by atoms with Crippen molar-refractivity contribution in [3.8, 4) is 0 Å². The van der Waals surface area contributed by atoms with Crippen LogP contribution in [0.2, 0.25) is 0 Å². The molecule has 1 N–H and O–H groups in total. The van der Waals surface area contributed by atoms with Gasteiger partial charge in [0.15, 0.2) is 0 Å². The Morgan fingerprint density at radius 3 is 2.68 bits per heavy atom. The highest BCUT2D eigenvalue weighted by Gasteiger charge is 2.38. The first-order valence-corrected chi connectivity index (χ1v) is 8.38. The van der Waals surface area contributed by atoms with E-state index >= 15 is 0 Å². The van der Waals surface area contributed by atoms with E-state index in [1.807, 2.05) is 0 Å². The van der Waals surface area contributed by atoms with Gasteiger partial charge in [0.05, 0.1) is 11.0 Å². The Labute approximate surface area is 143 Å². The van der Waals surface area contributed by atoms with Crippen LogP contribution >= 0.6 is 0 Å². The van der Waals surface area contributed by atoms with Gasteiger partial charge < -0.3 is 14.8 Å². The van der Waals surface area contributed by atoms with E-state index < -0.39 is 12.0 Å². The van der Waals surface area contributed by atoms with Crippen molar-refractivity contribution in [2.24, 2.45) is 0 Å². The number of alkyl halides is 3. The summed E-state index contributed by atoms with van der Waals surface area (Å²) < 4.78 is 41.0. The van der Waals surface area contributed by atoms with Crippen molar-refractivity contribution in [3.63, 3.8) is 0 Å². The van der Waals surface area contributed by atoms with Crippen LogP contribution in [0.4, 0.5) is 13.2 Å². The molecule has 3 rings (SSSR count). The predicted octanol–water partition coefficient (Wildman–Crippen LogP) is 3.07. The zero-order valence-corrected chi connectivity index (χ0v) is 14.2. The highest BCUT2D eigenvalue weighted by atomic mass is 19.4. The maximum absolute atomic E-state index is 13.3. The topological polar surface area (TPSA) is 50.2 Å². The number of imidazole rings is 1. The number of benzene rings is 1. The van der Waals surface area contributed by atoms with Crippen molar-refractivity contribution < 1.29 is 18.0 Å². The molecule has 1 aromatic heterocycles. The number of rotatable bonds is 2. The molecule has 1 fully saturated rings. The lowest BCUT2D eigenvalue weighted by atomic mass is 10.1. The van der Waals surface area contributed by atoms with E-state index in [0.29, 0.717) is 30.7 Å². The van der Waals surface area contributed by atoms with Crippen LogP contribution in [0.3, 0.4) is 0 Å². The summed E-state index contributed by atoms with van der Waals surface area (Å²) in [6, 6.07) is 4.22. The van der Waals surface area contributed by atoms with Crippen LogP contribution in [0.1, 0.15) is 42.5 Å². The number of carbonyl (C=O) groups excluding carboxylic acids is 1. The molecule has 8 heteroatoms. The lowest BCUT2D eigenvalue weighted by molar-refractivity contribution is -0.147. The van der Waals surface area contributed by atoms with Gasteiger partial charge in [-0.15, -0.1) is 0 Å². The third kappa shape index (κ3) is 3.49. The summed E-state index contributed by atoms with van der Waals surface area (Å²) in [5, 5.41) is 3.22. The van der Waals surface area contributed by atoms with Crippen molar-refractivity contribution in [2.45, 2.75) is 32.5 Å². The molecular weight excluding hydrogens is 333 g/mol. The summed E-state index contributed by atoms with van der Waals surface area (Å²) in [6.07, 6.45) is -3.68. The molecule has 0 atom stereocenters. The van der Waals surface area contributed by atoms with E-state index in [4.69, 9.17) is 0 Å². The Hall–Kier alpha value is -2.09. The second-order valence-corrected chi connectivity index (χ2v) is 6.50. The lowest BCUT2D eigenvalue weighted by Crippen LogP contribution is -2.34. The number of hydrogen-bond donors (Lipinski definition) is 1. The van der Waals surface area contributed by atoms with E-state index in [-0.39, 0.29) is 17.5 Å². The second-order valence-electron chi connectivity index (χ2n) is 6.50. The van der Waals surface area contributed by atoms with Crippen molar-refractivity contribution in [2.75, 3.05) is 26.2 Å². The Bertz CT molecular complexity index is 774. The van der Waals surface area contributed by atoms with Gasteiger partial charge in [0, 0.05) is 31.2 Å². The highest BCUT2D eigenvalue weighted by molar-refractivity contribution is 5.97. The van der Waals surface area contributed by atoms with E-state index in [2.05, 4.69) is 10.3 Å². The van der Waals surface area contributed by atoms with Crippen LogP contribution in [0, 0.1) is 0 Å². The normalized spacial score (nSPS) is 16.5. The number of carbonyl (C=O) groups is 1. The average Bonchev–Trinajstić information content (AvgIpc) is 2.73. The lowest BCUT2D eigenvalue weighted by Gasteiger charge is -2.20. The molecule has 1 saturated heterocycles. The maximum atomic E-state index is 13.3. The molecule has 0 bridgehead atoms. The van der Waals surface area contributed by atoms with Crippen molar-refractivity contribution >= 4 is 16.9 Å². The molecule has 0 radical (unpaired) electrons. The first kappa shape index (κ1) is 17.7. The number of nitrogens with zero attached hydrogens (tertiary/aromatic N) is 3. The zero-order chi connectivity index (χ0) is 18.2. The monoisotopic (exact) mass is 354 g/mol. The molecule has 2 aromatic rings. The van der Waals surface area contributed by atoms with E-state index in [9.17, 15) is 18.0 Å². The number of hydrogen-bond acceptors (Lipinski definition) is 3. The first-order valence-electron chi connectivity index (χ1n) is 8.38. The Morgan fingerprint density at radius 2 is 2.00 bits per heavy atom. The summed E-state index contributed by atoms with van der Waals surface area (Å²) in [7, 11) is 0. The fourth-order valence-corrected chi connectivity index (χ4v) is 3.19. The predicted molar refractivity (Wildman–Crippen MR) is 88.5 cm³/mol. The van der Waals surface area contributed by atoms with Crippen LogP contribution in [-0.4, -0.2) is 46.5 Å². The molecule has 0 unspecified atom stereocenters. The van der Waals surface area contributed by atoms with E-state index in [0.717, 1.165) is 13.0 Å². The first-order chi connectivity index (χ1) is 11.8. The van der Waals surface area contributed by atoms with E-state index in [1.54, 1.807) is 30.9 Å². The third-order valence-corrected chi connectivity index (χ3v) is 4.33. The Balaban J connectivity index is 2.01. The van der Waals surface area contributed by atoms with Crippen LogP contribution in [0.5, 0.6) is 0 Å². The van der Waals surface area contributed by atoms with Crippen molar-refractivity contribution in [1.82, 2.24) is 19.8 Å². The molecule has 0 aliphatic carbocycles. The molecule has 0 spiro atoms. The fraction of sp³-hybridized carbons (Fsp3) is 0.529. The van der Waals surface area contributed by atoms with Gasteiger partial charge in [-0.25, -0.2) is 4.98 Å². The van der Waals surface area contributed by atoms with Gasteiger partial charge >= 0.3 is 6.18 Å². The molecule has 25 heavy (non-hydrogen) atoms. The van der Waals surface area contributed by atoms with Gasteiger partial charge in [-0.1, -0.05) is 0 Å². The molecule has 5 nitrogen and oxygen atoms in total. The number of nitrogens with one attached hydrogen (secondary N) is 1. The summed E-state index contributed by atoms with van der Waals surface area (Å²) in [5.41, 5.74) is 0.952. The zero-order valence-electron chi connectivity index (χ0n) is 14.2. The molecule has 2 heterocycles. The number of aromatic nitrogens is 2. The van der Waals surface area contributed by atoms with Gasteiger partial charge in [-0.05, 0) is 45.0 Å². The SMILES string of the molecule is CC(C)n1c(C(F)(F)F)nc2cc(C(=O)N3CCCNCC3)ccc21.